The van der Waals surface area contributed by atoms with Gasteiger partial charge in [0.2, 0.25) is 5.91 Å². The van der Waals surface area contributed by atoms with Crippen LogP contribution in [0.4, 0.5) is 0 Å². The predicted molar refractivity (Wildman–Crippen MR) is 110 cm³/mol. The molecule has 0 fully saturated rings. The van der Waals surface area contributed by atoms with E-state index in [9.17, 15) is 4.79 Å². The first-order valence-electron chi connectivity index (χ1n) is 8.99. The summed E-state index contributed by atoms with van der Waals surface area (Å²) in [6.45, 7) is 0.385. The second-order valence-corrected chi connectivity index (χ2v) is 7.23. The van der Waals surface area contributed by atoms with Crippen LogP contribution in [-0.4, -0.2) is 21.6 Å². The summed E-state index contributed by atoms with van der Waals surface area (Å²) in [6.07, 6.45) is 2.25. The number of carbonyl (C=O) groups is 1. The van der Waals surface area contributed by atoms with Crippen molar-refractivity contribution in [2.24, 2.45) is 0 Å². The SMILES string of the molecule is O=C(CSc1nc(Cc2ccccc2)nc2ccccc12)NCc1ccco1. The molecule has 2 aromatic carbocycles. The fraction of sp³-hybridized carbons (Fsp3) is 0.136. The van der Waals surface area contributed by atoms with Crippen molar-refractivity contribution in [3.8, 4) is 0 Å². The standard InChI is InChI=1S/C22H19N3O2S/c26-21(23-14-17-9-6-12-27-17)15-28-22-18-10-4-5-11-19(18)24-20(25-22)13-16-7-2-1-3-8-16/h1-12H,13-15H2,(H,23,26). The number of carbonyl (C=O) groups excluding carboxylic acids is 1. The first kappa shape index (κ1) is 18.3. The van der Waals surface area contributed by atoms with Crippen LogP contribution in [-0.2, 0) is 17.8 Å². The van der Waals surface area contributed by atoms with Crippen LogP contribution >= 0.6 is 11.8 Å². The molecule has 0 atom stereocenters. The van der Waals surface area contributed by atoms with Crippen molar-refractivity contribution < 1.29 is 9.21 Å². The molecule has 5 nitrogen and oxygen atoms in total. The number of nitrogens with one attached hydrogen (secondary N) is 1. The van der Waals surface area contributed by atoms with Gasteiger partial charge in [0, 0.05) is 11.8 Å². The first-order valence-corrected chi connectivity index (χ1v) is 9.98. The Labute approximate surface area is 167 Å². The van der Waals surface area contributed by atoms with Crippen LogP contribution in [0.5, 0.6) is 0 Å². The maximum atomic E-state index is 12.2. The highest BCUT2D eigenvalue weighted by Gasteiger charge is 2.11. The highest BCUT2D eigenvalue weighted by Crippen LogP contribution is 2.25. The van der Waals surface area contributed by atoms with E-state index in [1.807, 2.05) is 48.5 Å². The van der Waals surface area contributed by atoms with Gasteiger partial charge in [-0.25, -0.2) is 9.97 Å². The Kier molecular flexibility index (Phi) is 5.68. The molecule has 4 aromatic rings. The first-order chi connectivity index (χ1) is 13.8. The highest BCUT2D eigenvalue weighted by atomic mass is 32.2. The molecular weight excluding hydrogens is 370 g/mol. The smallest absolute Gasteiger partial charge is 0.230 e. The number of benzene rings is 2. The van der Waals surface area contributed by atoms with Gasteiger partial charge in [-0.2, -0.15) is 0 Å². The van der Waals surface area contributed by atoms with Gasteiger partial charge < -0.3 is 9.73 Å². The van der Waals surface area contributed by atoms with Gasteiger partial charge in [-0.15, -0.1) is 0 Å². The quantitative estimate of drug-likeness (QED) is 0.379. The molecule has 0 aliphatic heterocycles. The van der Waals surface area contributed by atoms with Gasteiger partial charge in [0.15, 0.2) is 0 Å². The van der Waals surface area contributed by atoms with E-state index < -0.39 is 0 Å². The Morgan fingerprint density at radius 2 is 1.79 bits per heavy atom. The van der Waals surface area contributed by atoms with Gasteiger partial charge in [0.25, 0.3) is 0 Å². The third-order valence-corrected chi connectivity index (χ3v) is 5.19. The van der Waals surface area contributed by atoms with Crippen molar-refractivity contribution >= 4 is 28.6 Å². The van der Waals surface area contributed by atoms with Gasteiger partial charge >= 0.3 is 0 Å². The van der Waals surface area contributed by atoms with Gasteiger partial charge in [-0.3, -0.25) is 4.79 Å². The number of aromatic nitrogens is 2. The monoisotopic (exact) mass is 389 g/mol. The van der Waals surface area contributed by atoms with Crippen LogP contribution in [0.25, 0.3) is 10.9 Å². The normalized spacial score (nSPS) is 10.9. The lowest BCUT2D eigenvalue weighted by molar-refractivity contribution is -0.118. The van der Waals surface area contributed by atoms with E-state index in [2.05, 4.69) is 17.4 Å². The fourth-order valence-electron chi connectivity index (χ4n) is 2.84. The zero-order valence-corrected chi connectivity index (χ0v) is 16.0. The van der Waals surface area contributed by atoms with Crippen molar-refractivity contribution in [2.75, 3.05) is 5.75 Å². The number of para-hydroxylation sites is 1. The number of hydrogen-bond donors (Lipinski definition) is 1. The Balaban J connectivity index is 1.49. The molecule has 4 rings (SSSR count). The summed E-state index contributed by atoms with van der Waals surface area (Å²) < 4.78 is 5.23. The molecule has 1 N–H and O–H groups in total. The molecule has 140 valence electrons. The molecule has 0 spiro atoms. The second-order valence-electron chi connectivity index (χ2n) is 6.27. The van der Waals surface area contributed by atoms with Crippen LogP contribution < -0.4 is 5.32 Å². The molecule has 0 bridgehead atoms. The topological polar surface area (TPSA) is 68.0 Å². The maximum absolute atomic E-state index is 12.2. The third kappa shape index (κ3) is 4.58. The molecule has 28 heavy (non-hydrogen) atoms. The molecule has 0 unspecified atom stereocenters. The average molecular weight is 389 g/mol. The Morgan fingerprint density at radius 1 is 0.964 bits per heavy atom. The lowest BCUT2D eigenvalue weighted by Crippen LogP contribution is -2.24. The Hall–Kier alpha value is -3.12. The fourth-order valence-corrected chi connectivity index (χ4v) is 3.71. The lowest BCUT2D eigenvalue weighted by atomic mass is 10.1. The molecule has 0 aliphatic rings. The van der Waals surface area contributed by atoms with Crippen molar-refractivity contribution in [2.45, 2.75) is 18.0 Å². The summed E-state index contributed by atoms with van der Waals surface area (Å²) in [5.41, 5.74) is 2.05. The summed E-state index contributed by atoms with van der Waals surface area (Å²) in [5.74, 6) is 1.71. The lowest BCUT2D eigenvalue weighted by Gasteiger charge is -2.09. The summed E-state index contributed by atoms with van der Waals surface area (Å²) in [6, 6.07) is 21.7. The summed E-state index contributed by atoms with van der Waals surface area (Å²) in [5, 5.41) is 4.65. The van der Waals surface area contributed by atoms with Crippen LogP contribution in [0.15, 0.2) is 82.4 Å². The molecule has 2 aromatic heterocycles. The number of fused-ring (bicyclic) bond motifs is 1. The molecule has 0 saturated carbocycles. The molecule has 2 heterocycles. The number of rotatable bonds is 7. The number of hydrogen-bond acceptors (Lipinski definition) is 5. The van der Waals surface area contributed by atoms with Gasteiger partial charge in [-0.1, -0.05) is 60.3 Å². The number of furan rings is 1. The molecule has 1 amide bonds. The largest absolute Gasteiger partial charge is 0.467 e. The van der Waals surface area contributed by atoms with Crippen LogP contribution in [0.2, 0.25) is 0 Å². The van der Waals surface area contributed by atoms with E-state index in [-0.39, 0.29) is 11.7 Å². The van der Waals surface area contributed by atoms with E-state index in [0.717, 1.165) is 33.1 Å². The van der Waals surface area contributed by atoms with E-state index in [0.29, 0.717) is 13.0 Å². The predicted octanol–water partition coefficient (Wildman–Crippen LogP) is 4.22. The maximum Gasteiger partial charge on any atom is 0.230 e. The highest BCUT2D eigenvalue weighted by molar-refractivity contribution is 8.00. The number of thioether (sulfide) groups is 1. The zero-order valence-electron chi connectivity index (χ0n) is 15.2. The third-order valence-electron chi connectivity index (χ3n) is 4.20. The molecule has 0 radical (unpaired) electrons. The minimum atomic E-state index is -0.0614. The Bertz CT molecular complexity index is 1070. The van der Waals surface area contributed by atoms with Crippen LogP contribution in [0, 0.1) is 0 Å². The van der Waals surface area contributed by atoms with Crippen molar-refractivity contribution in [3.63, 3.8) is 0 Å². The number of nitrogens with zero attached hydrogens (tertiary/aromatic N) is 2. The minimum Gasteiger partial charge on any atom is -0.467 e. The Morgan fingerprint density at radius 3 is 2.61 bits per heavy atom. The average Bonchev–Trinajstić information content (AvgIpc) is 3.25. The molecule has 0 aliphatic carbocycles. The van der Waals surface area contributed by atoms with Crippen molar-refractivity contribution in [3.05, 3.63) is 90.1 Å². The van der Waals surface area contributed by atoms with Crippen molar-refractivity contribution in [1.29, 1.82) is 0 Å². The second kappa shape index (κ2) is 8.71. The van der Waals surface area contributed by atoms with Gasteiger partial charge in [0.1, 0.15) is 16.6 Å². The van der Waals surface area contributed by atoms with Crippen LogP contribution in [0.1, 0.15) is 17.1 Å². The van der Waals surface area contributed by atoms with E-state index in [1.165, 1.54) is 11.8 Å². The van der Waals surface area contributed by atoms with Gasteiger partial charge in [-0.05, 0) is 23.8 Å². The molecule has 6 heteroatoms. The van der Waals surface area contributed by atoms with Gasteiger partial charge in [0.05, 0.1) is 24.1 Å². The summed E-state index contributed by atoms with van der Waals surface area (Å²) in [7, 11) is 0. The van der Waals surface area contributed by atoms with E-state index >= 15 is 0 Å². The minimum absolute atomic E-state index is 0.0614. The number of amides is 1. The van der Waals surface area contributed by atoms with E-state index in [4.69, 9.17) is 14.4 Å². The summed E-state index contributed by atoms with van der Waals surface area (Å²) in [4.78, 5) is 21.6. The summed E-state index contributed by atoms with van der Waals surface area (Å²) >= 11 is 1.43. The zero-order chi connectivity index (χ0) is 19.2. The van der Waals surface area contributed by atoms with Crippen LogP contribution in [0.3, 0.4) is 0 Å². The van der Waals surface area contributed by atoms with Crippen molar-refractivity contribution in [1.82, 2.24) is 15.3 Å². The van der Waals surface area contributed by atoms with E-state index in [1.54, 1.807) is 12.3 Å². The molecule has 0 saturated heterocycles. The molecular formula is C22H19N3O2S.